The van der Waals surface area contributed by atoms with Crippen molar-refractivity contribution in [1.29, 1.82) is 0 Å². The number of fused-ring (bicyclic) bond motifs is 1. The smallest absolute Gasteiger partial charge is 0.223 e. The molecule has 2 aromatic rings. The second-order valence-corrected chi connectivity index (χ2v) is 6.81. The van der Waals surface area contributed by atoms with Crippen LogP contribution in [-0.2, 0) is 4.79 Å². The lowest BCUT2D eigenvalue weighted by Crippen LogP contribution is -2.43. The van der Waals surface area contributed by atoms with Gasteiger partial charge in [-0.05, 0) is 38.4 Å². The van der Waals surface area contributed by atoms with E-state index in [1.807, 2.05) is 18.2 Å². The second-order valence-electron chi connectivity index (χ2n) is 5.78. The molecule has 3 rings (SSSR count). The maximum absolute atomic E-state index is 12.1. The fourth-order valence-electron chi connectivity index (χ4n) is 2.82. The van der Waals surface area contributed by atoms with E-state index in [1.54, 1.807) is 11.3 Å². The predicted molar refractivity (Wildman–Crippen MR) is 98.6 cm³/mol. The van der Waals surface area contributed by atoms with Gasteiger partial charge in [0.1, 0.15) is 0 Å². The van der Waals surface area contributed by atoms with Gasteiger partial charge in [-0.1, -0.05) is 23.5 Å². The second kappa shape index (κ2) is 8.47. The number of carbonyl (C=O) groups excluding carboxylic acids is 1. The number of piperidine rings is 1. The number of thiazole rings is 1. The van der Waals surface area contributed by atoms with Crippen LogP contribution in [0.15, 0.2) is 24.3 Å². The first-order chi connectivity index (χ1) is 10.7. The van der Waals surface area contributed by atoms with E-state index in [-0.39, 0.29) is 24.2 Å². The number of aromatic nitrogens is 1. The molecule has 7 heteroatoms. The normalized spacial score (nSPS) is 20.7. The molecule has 1 fully saturated rings. The number of para-hydroxylation sites is 1. The Morgan fingerprint density at radius 3 is 3.00 bits per heavy atom. The summed E-state index contributed by atoms with van der Waals surface area (Å²) in [6.45, 7) is 4.40. The van der Waals surface area contributed by atoms with Crippen LogP contribution in [0.2, 0.25) is 0 Å². The zero-order chi connectivity index (χ0) is 15.4. The van der Waals surface area contributed by atoms with Gasteiger partial charge in [-0.15, -0.1) is 12.4 Å². The highest BCUT2D eigenvalue weighted by Crippen LogP contribution is 2.24. The molecule has 2 atom stereocenters. The summed E-state index contributed by atoms with van der Waals surface area (Å²) in [5.41, 5.74) is 1.02. The van der Waals surface area contributed by atoms with Crippen molar-refractivity contribution in [2.24, 2.45) is 5.92 Å². The zero-order valence-corrected chi connectivity index (χ0v) is 14.8. The molecule has 3 N–H and O–H groups in total. The van der Waals surface area contributed by atoms with Crippen LogP contribution in [0, 0.1) is 5.92 Å². The molecule has 1 aromatic carbocycles. The van der Waals surface area contributed by atoms with Gasteiger partial charge in [0, 0.05) is 25.0 Å². The first-order valence-electron chi connectivity index (χ1n) is 7.83. The van der Waals surface area contributed by atoms with Crippen molar-refractivity contribution in [1.82, 2.24) is 15.6 Å². The summed E-state index contributed by atoms with van der Waals surface area (Å²) in [5, 5.41) is 10.6. The summed E-state index contributed by atoms with van der Waals surface area (Å²) >= 11 is 1.64. The highest BCUT2D eigenvalue weighted by molar-refractivity contribution is 7.22. The van der Waals surface area contributed by atoms with Crippen molar-refractivity contribution in [3.05, 3.63) is 24.3 Å². The summed E-state index contributed by atoms with van der Waals surface area (Å²) < 4.78 is 1.18. The fourth-order valence-corrected chi connectivity index (χ4v) is 3.71. The van der Waals surface area contributed by atoms with Gasteiger partial charge in [0.15, 0.2) is 5.13 Å². The van der Waals surface area contributed by atoms with Crippen LogP contribution in [0.3, 0.4) is 0 Å². The minimum atomic E-state index is 0. The monoisotopic (exact) mass is 354 g/mol. The lowest BCUT2D eigenvalue weighted by Gasteiger charge is -2.27. The molecule has 0 unspecified atom stereocenters. The van der Waals surface area contributed by atoms with Crippen LogP contribution in [0.5, 0.6) is 0 Å². The molecule has 0 bridgehead atoms. The van der Waals surface area contributed by atoms with E-state index in [1.165, 1.54) is 4.70 Å². The SMILES string of the molecule is C[C@H]1C[C@@H](C(=O)NCCNc2nc3ccccc3s2)CCN1.Cl. The van der Waals surface area contributed by atoms with Crippen molar-refractivity contribution < 1.29 is 4.79 Å². The third kappa shape index (κ3) is 4.80. The number of amides is 1. The fraction of sp³-hybridized carbons (Fsp3) is 0.500. The number of hydrogen-bond acceptors (Lipinski definition) is 5. The highest BCUT2D eigenvalue weighted by atomic mass is 35.5. The van der Waals surface area contributed by atoms with Gasteiger partial charge in [0.25, 0.3) is 0 Å². The molecule has 0 saturated carbocycles. The van der Waals surface area contributed by atoms with E-state index in [2.05, 4.69) is 33.9 Å². The number of carbonyl (C=O) groups is 1. The van der Waals surface area contributed by atoms with Crippen molar-refractivity contribution in [2.75, 3.05) is 25.0 Å². The van der Waals surface area contributed by atoms with Crippen LogP contribution in [-0.4, -0.2) is 36.6 Å². The Balaban J connectivity index is 0.00000192. The number of halogens is 1. The number of nitrogens with zero attached hydrogens (tertiary/aromatic N) is 1. The topological polar surface area (TPSA) is 66.0 Å². The largest absolute Gasteiger partial charge is 0.360 e. The average Bonchev–Trinajstić information content (AvgIpc) is 2.94. The minimum absolute atomic E-state index is 0. The number of rotatable bonds is 5. The number of nitrogens with one attached hydrogen (secondary N) is 3. The van der Waals surface area contributed by atoms with Gasteiger partial charge in [-0.3, -0.25) is 4.79 Å². The van der Waals surface area contributed by atoms with Crippen molar-refractivity contribution in [2.45, 2.75) is 25.8 Å². The van der Waals surface area contributed by atoms with Gasteiger partial charge >= 0.3 is 0 Å². The van der Waals surface area contributed by atoms with E-state index >= 15 is 0 Å². The predicted octanol–water partition coefficient (Wildman–Crippen LogP) is 2.63. The average molecular weight is 355 g/mol. The molecule has 0 radical (unpaired) electrons. The Hall–Kier alpha value is -1.37. The molecule has 1 aliphatic heterocycles. The molecular formula is C16H23ClN4OS. The summed E-state index contributed by atoms with van der Waals surface area (Å²) in [7, 11) is 0. The van der Waals surface area contributed by atoms with Gasteiger partial charge < -0.3 is 16.0 Å². The standard InChI is InChI=1S/C16H22N4OS.ClH/c1-11-10-12(6-7-17-11)15(21)18-8-9-19-16-20-13-4-2-3-5-14(13)22-16;/h2-5,11-12,17H,6-10H2,1H3,(H,18,21)(H,19,20);1H/t11-,12-;/m0./s1. The van der Waals surface area contributed by atoms with Gasteiger partial charge in [-0.2, -0.15) is 0 Å². The molecular weight excluding hydrogens is 332 g/mol. The summed E-state index contributed by atoms with van der Waals surface area (Å²) in [6.07, 6.45) is 1.86. The van der Waals surface area contributed by atoms with E-state index in [9.17, 15) is 4.79 Å². The van der Waals surface area contributed by atoms with Crippen LogP contribution < -0.4 is 16.0 Å². The molecule has 23 heavy (non-hydrogen) atoms. The van der Waals surface area contributed by atoms with E-state index < -0.39 is 0 Å². The third-order valence-corrected chi connectivity index (χ3v) is 4.98. The van der Waals surface area contributed by atoms with E-state index in [0.29, 0.717) is 19.1 Å². The minimum Gasteiger partial charge on any atom is -0.360 e. The number of anilines is 1. The van der Waals surface area contributed by atoms with Crippen molar-refractivity contribution in [3.63, 3.8) is 0 Å². The van der Waals surface area contributed by atoms with Crippen LogP contribution in [0.25, 0.3) is 10.2 Å². The van der Waals surface area contributed by atoms with E-state index in [0.717, 1.165) is 30.0 Å². The molecule has 1 saturated heterocycles. The Labute approximate surface area is 146 Å². The lowest BCUT2D eigenvalue weighted by atomic mass is 9.92. The Bertz CT molecular complexity index is 615. The Morgan fingerprint density at radius 2 is 2.22 bits per heavy atom. The molecule has 0 spiro atoms. The number of hydrogen-bond donors (Lipinski definition) is 3. The van der Waals surface area contributed by atoms with Crippen LogP contribution in [0.1, 0.15) is 19.8 Å². The lowest BCUT2D eigenvalue weighted by molar-refractivity contribution is -0.125. The Morgan fingerprint density at radius 1 is 1.39 bits per heavy atom. The molecule has 1 aliphatic rings. The van der Waals surface area contributed by atoms with Gasteiger partial charge in [-0.25, -0.2) is 4.98 Å². The quantitative estimate of drug-likeness (QED) is 0.722. The van der Waals surface area contributed by atoms with Gasteiger partial charge in [0.05, 0.1) is 10.2 Å². The molecule has 0 aliphatic carbocycles. The first-order valence-corrected chi connectivity index (χ1v) is 8.64. The van der Waals surface area contributed by atoms with Crippen molar-refractivity contribution in [3.8, 4) is 0 Å². The maximum atomic E-state index is 12.1. The maximum Gasteiger partial charge on any atom is 0.223 e. The van der Waals surface area contributed by atoms with Crippen LogP contribution >= 0.6 is 23.7 Å². The van der Waals surface area contributed by atoms with Crippen LogP contribution in [0.4, 0.5) is 5.13 Å². The summed E-state index contributed by atoms with van der Waals surface area (Å²) in [6, 6.07) is 8.52. The first kappa shape index (κ1) is 18.0. The third-order valence-electron chi connectivity index (χ3n) is 3.99. The molecule has 5 nitrogen and oxygen atoms in total. The van der Waals surface area contributed by atoms with Crippen molar-refractivity contribution >= 4 is 45.0 Å². The molecule has 1 aromatic heterocycles. The summed E-state index contributed by atoms with van der Waals surface area (Å²) in [4.78, 5) is 16.6. The van der Waals surface area contributed by atoms with E-state index in [4.69, 9.17) is 0 Å². The van der Waals surface area contributed by atoms with Gasteiger partial charge in [0.2, 0.25) is 5.91 Å². The molecule has 126 valence electrons. The zero-order valence-electron chi connectivity index (χ0n) is 13.2. The molecule has 1 amide bonds. The Kier molecular flexibility index (Phi) is 6.62. The highest BCUT2D eigenvalue weighted by Gasteiger charge is 2.24. The number of benzene rings is 1. The summed E-state index contributed by atoms with van der Waals surface area (Å²) in [5.74, 6) is 0.332. The molecule has 2 heterocycles.